The molecule has 1 aromatic carbocycles. The molecule has 0 aromatic heterocycles. The molecule has 130 valence electrons. The third-order valence-corrected chi connectivity index (χ3v) is 5.96. The van der Waals surface area contributed by atoms with Crippen LogP contribution in [0.4, 0.5) is 4.39 Å². The Morgan fingerprint density at radius 3 is 2.91 bits per heavy atom. The fourth-order valence-electron chi connectivity index (χ4n) is 2.66. The largest absolute Gasteiger partial charge is 0.316 e. The fraction of sp³-hybridized carbons (Fsp3) is 0.600. The third kappa shape index (κ3) is 5.39. The molecule has 0 bridgehead atoms. The van der Waals surface area contributed by atoms with Gasteiger partial charge in [-0.3, -0.25) is 0 Å². The highest BCUT2D eigenvalue weighted by molar-refractivity contribution is 7.87. The zero-order valence-electron chi connectivity index (χ0n) is 13.2. The van der Waals surface area contributed by atoms with Crippen molar-refractivity contribution in [1.82, 2.24) is 14.3 Å². The molecule has 1 aromatic rings. The smallest absolute Gasteiger partial charge is 0.279 e. The van der Waals surface area contributed by atoms with E-state index in [1.807, 2.05) is 0 Å². The Balaban J connectivity index is 1.88. The van der Waals surface area contributed by atoms with E-state index in [0.717, 1.165) is 36.7 Å². The molecule has 1 aliphatic heterocycles. The third-order valence-electron chi connectivity index (χ3n) is 4.09. The quantitative estimate of drug-likeness (QED) is 0.780. The molecule has 0 saturated carbocycles. The second kappa shape index (κ2) is 8.39. The average molecular weight is 364 g/mol. The maximum absolute atomic E-state index is 13.8. The molecule has 0 radical (unpaired) electrons. The predicted octanol–water partition coefficient (Wildman–Crippen LogP) is 2.13. The predicted molar refractivity (Wildman–Crippen MR) is 90.0 cm³/mol. The van der Waals surface area contributed by atoms with Crippen molar-refractivity contribution in [2.24, 2.45) is 5.92 Å². The van der Waals surface area contributed by atoms with Gasteiger partial charge in [0.2, 0.25) is 0 Å². The van der Waals surface area contributed by atoms with Crippen LogP contribution in [0.5, 0.6) is 0 Å². The van der Waals surface area contributed by atoms with Crippen LogP contribution < -0.4 is 10.0 Å². The van der Waals surface area contributed by atoms with Crippen molar-refractivity contribution in [3.63, 3.8) is 0 Å². The normalized spacial score (nSPS) is 19.2. The summed E-state index contributed by atoms with van der Waals surface area (Å²) in [6, 6.07) is 4.31. The lowest BCUT2D eigenvalue weighted by Gasteiger charge is -2.23. The van der Waals surface area contributed by atoms with Crippen molar-refractivity contribution in [3.05, 3.63) is 34.6 Å². The SMILES string of the molecule is CN(Cc1c(F)cccc1Cl)S(=O)(=O)NCCC1CCCNC1. The highest BCUT2D eigenvalue weighted by atomic mass is 35.5. The molecule has 8 heteroatoms. The summed E-state index contributed by atoms with van der Waals surface area (Å²) in [6.45, 7) is 2.24. The summed E-state index contributed by atoms with van der Waals surface area (Å²) in [6.07, 6.45) is 3.04. The molecule has 2 rings (SSSR count). The molecule has 2 N–H and O–H groups in total. The van der Waals surface area contributed by atoms with E-state index in [2.05, 4.69) is 10.0 Å². The van der Waals surface area contributed by atoms with Crippen LogP contribution in [0.2, 0.25) is 5.02 Å². The Labute approximate surface area is 142 Å². The fourth-order valence-corrected chi connectivity index (χ4v) is 3.78. The molecule has 5 nitrogen and oxygen atoms in total. The van der Waals surface area contributed by atoms with Crippen molar-refractivity contribution in [2.75, 3.05) is 26.7 Å². The van der Waals surface area contributed by atoms with Gasteiger partial charge < -0.3 is 5.32 Å². The Bertz CT molecular complexity index is 601. The lowest BCUT2D eigenvalue weighted by molar-refractivity contribution is 0.356. The second-order valence-corrected chi connectivity index (χ2v) is 8.13. The molecule has 1 unspecified atom stereocenters. The van der Waals surface area contributed by atoms with Crippen LogP contribution in [0.25, 0.3) is 0 Å². The minimum Gasteiger partial charge on any atom is -0.316 e. The second-order valence-electron chi connectivity index (χ2n) is 5.86. The van der Waals surface area contributed by atoms with E-state index in [1.54, 1.807) is 6.07 Å². The average Bonchev–Trinajstić information content (AvgIpc) is 2.51. The van der Waals surface area contributed by atoms with Crippen molar-refractivity contribution in [2.45, 2.75) is 25.8 Å². The van der Waals surface area contributed by atoms with Gasteiger partial charge in [-0.25, -0.2) is 9.11 Å². The summed E-state index contributed by atoms with van der Waals surface area (Å²) in [5.41, 5.74) is 0.179. The van der Waals surface area contributed by atoms with Gasteiger partial charge in [0, 0.05) is 30.7 Å². The standard InChI is InChI=1S/C15H23ClFN3O2S/c1-20(11-13-14(16)5-2-6-15(13)17)23(21,22)19-9-7-12-4-3-8-18-10-12/h2,5-6,12,18-19H,3-4,7-11H2,1H3. The maximum Gasteiger partial charge on any atom is 0.279 e. The van der Waals surface area contributed by atoms with Gasteiger partial charge in [-0.1, -0.05) is 17.7 Å². The zero-order chi connectivity index (χ0) is 16.9. The highest BCUT2D eigenvalue weighted by Crippen LogP contribution is 2.21. The summed E-state index contributed by atoms with van der Waals surface area (Å²) in [7, 11) is -2.25. The monoisotopic (exact) mass is 363 g/mol. The topological polar surface area (TPSA) is 61.4 Å². The zero-order valence-corrected chi connectivity index (χ0v) is 14.8. The van der Waals surface area contributed by atoms with Crippen molar-refractivity contribution in [1.29, 1.82) is 0 Å². The van der Waals surface area contributed by atoms with Gasteiger partial charge in [-0.2, -0.15) is 12.7 Å². The number of halogens is 2. The number of nitrogens with one attached hydrogen (secondary N) is 2. The first-order valence-corrected chi connectivity index (χ1v) is 9.56. The maximum atomic E-state index is 13.8. The first kappa shape index (κ1) is 18.6. The molecule has 0 spiro atoms. The molecule has 23 heavy (non-hydrogen) atoms. The van der Waals surface area contributed by atoms with Gasteiger partial charge in [0.05, 0.1) is 0 Å². The number of piperidine rings is 1. The first-order chi connectivity index (χ1) is 10.9. The Morgan fingerprint density at radius 2 is 2.26 bits per heavy atom. The van der Waals surface area contributed by atoms with E-state index < -0.39 is 16.0 Å². The summed E-state index contributed by atoms with van der Waals surface area (Å²) >= 11 is 5.94. The Kier molecular flexibility index (Phi) is 6.79. The molecule has 1 fully saturated rings. The molecule has 1 atom stereocenters. The van der Waals surface area contributed by atoms with E-state index in [9.17, 15) is 12.8 Å². The molecule has 1 aliphatic rings. The summed E-state index contributed by atoms with van der Waals surface area (Å²) in [5, 5.41) is 3.53. The first-order valence-electron chi connectivity index (χ1n) is 7.74. The highest BCUT2D eigenvalue weighted by Gasteiger charge is 2.21. The van der Waals surface area contributed by atoms with Crippen LogP contribution in [0.15, 0.2) is 18.2 Å². The minimum atomic E-state index is -3.66. The Hall–Kier alpha value is -0.730. The molecule has 1 saturated heterocycles. The van der Waals surface area contributed by atoms with Gasteiger partial charge in [0.15, 0.2) is 0 Å². The summed E-state index contributed by atoms with van der Waals surface area (Å²) in [5.74, 6) is -0.00871. The van der Waals surface area contributed by atoms with Gasteiger partial charge in [0.25, 0.3) is 10.2 Å². The minimum absolute atomic E-state index is 0.105. The van der Waals surface area contributed by atoms with Crippen molar-refractivity contribution < 1.29 is 12.8 Å². The van der Waals surface area contributed by atoms with Crippen LogP contribution in [0.1, 0.15) is 24.8 Å². The number of hydrogen-bond acceptors (Lipinski definition) is 3. The van der Waals surface area contributed by atoms with Gasteiger partial charge in [-0.15, -0.1) is 0 Å². The van der Waals surface area contributed by atoms with Crippen LogP contribution in [-0.2, 0) is 16.8 Å². The molecular weight excluding hydrogens is 341 g/mol. The van der Waals surface area contributed by atoms with E-state index in [-0.39, 0.29) is 17.1 Å². The van der Waals surface area contributed by atoms with Crippen LogP contribution in [-0.4, -0.2) is 39.4 Å². The van der Waals surface area contributed by atoms with Gasteiger partial charge in [0.1, 0.15) is 5.82 Å². The van der Waals surface area contributed by atoms with Crippen molar-refractivity contribution in [3.8, 4) is 0 Å². The Morgan fingerprint density at radius 1 is 1.48 bits per heavy atom. The van der Waals surface area contributed by atoms with E-state index in [0.29, 0.717) is 12.5 Å². The van der Waals surface area contributed by atoms with Gasteiger partial charge in [-0.05, 0) is 50.4 Å². The van der Waals surface area contributed by atoms with Crippen LogP contribution >= 0.6 is 11.6 Å². The van der Waals surface area contributed by atoms with E-state index in [4.69, 9.17) is 11.6 Å². The van der Waals surface area contributed by atoms with E-state index >= 15 is 0 Å². The molecule has 1 heterocycles. The van der Waals surface area contributed by atoms with Gasteiger partial charge >= 0.3 is 0 Å². The van der Waals surface area contributed by atoms with Crippen LogP contribution in [0, 0.1) is 11.7 Å². The number of rotatable bonds is 7. The summed E-state index contributed by atoms with van der Waals surface area (Å²) in [4.78, 5) is 0. The molecule has 0 aliphatic carbocycles. The van der Waals surface area contributed by atoms with Crippen molar-refractivity contribution >= 4 is 21.8 Å². The lowest BCUT2D eigenvalue weighted by Crippen LogP contribution is -2.39. The number of benzene rings is 1. The van der Waals surface area contributed by atoms with E-state index in [1.165, 1.54) is 19.2 Å². The lowest BCUT2D eigenvalue weighted by atomic mass is 9.96. The number of hydrogen-bond donors (Lipinski definition) is 2. The molecular formula is C15H23ClFN3O2S. The summed E-state index contributed by atoms with van der Waals surface area (Å²) < 4.78 is 41.9. The molecule has 0 amide bonds. The number of nitrogens with zero attached hydrogens (tertiary/aromatic N) is 1. The van der Waals surface area contributed by atoms with Crippen LogP contribution in [0.3, 0.4) is 0 Å².